The molecule has 1 N–H and O–H groups in total. The number of halogens is 1. The Bertz CT molecular complexity index is 488. The fourth-order valence-corrected chi connectivity index (χ4v) is 3.43. The minimum Gasteiger partial charge on any atom is -0.493 e. The fourth-order valence-electron chi connectivity index (χ4n) is 3.07. The van der Waals surface area contributed by atoms with Gasteiger partial charge in [0.2, 0.25) is 0 Å². The van der Waals surface area contributed by atoms with Crippen LogP contribution in [0.3, 0.4) is 0 Å². The molecule has 0 spiro atoms. The van der Waals surface area contributed by atoms with Gasteiger partial charge in [0.1, 0.15) is 0 Å². The smallest absolute Gasteiger partial charge is 0.179 e. The Morgan fingerprint density at radius 2 is 1.86 bits per heavy atom. The van der Waals surface area contributed by atoms with Crippen LogP contribution >= 0.6 is 11.6 Å². The summed E-state index contributed by atoms with van der Waals surface area (Å²) in [4.78, 5) is 2.52. The number of piperazine rings is 1. The van der Waals surface area contributed by atoms with E-state index < -0.39 is 0 Å². The molecule has 0 radical (unpaired) electrons. The number of nitrogens with zero attached hydrogens (tertiary/aromatic N) is 1. The summed E-state index contributed by atoms with van der Waals surface area (Å²) >= 11 is 6.64. The van der Waals surface area contributed by atoms with Crippen molar-refractivity contribution in [2.45, 2.75) is 26.3 Å². The van der Waals surface area contributed by atoms with Gasteiger partial charge in [-0.25, -0.2) is 0 Å². The summed E-state index contributed by atoms with van der Waals surface area (Å²) in [7, 11) is 3.27. The average Bonchev–Trinajstić information content (AvgIpc) is 2.53. The van der Waals surface area contributed by atoms with E-state index in [0.717, 1.165) is 38.2 Å². The third kappa shape index (κ3) is 3.86. The lowest BCUT2D eigenvalue weighted by Crippen LogP contribution is -2.45. The van der Waals surface area contributed by atoms with E-state index in [1.165, 1.54) is 0 Å². The number of rotatable bonds is 6. The molecule has 0 bridgehead atoms. The first-order valence-electron chi connectivity index (χ1n) is 7.93. The van der Waals surface area contributed by atoms with Crippen molar-refractivity contribution in [2.24, 2.45) is 5.92 Å². The second-order valence-electron chi connectivity index (χ2n) is 6.14. The van der Waals surface area contributed by atoms with Crippen molar-refractivity contribution < 1.29 is 9.47 Å². The van der Waals surface area contributed by atoms with Crippen LogP contribution in [0.25, 0.3) is 0 Å². The summed E-state index contributed by atoms with van der Waals surface area (Å²) in [6.45, 7) is 8.65. The SMILES string of the molecule is COc1ccc([C@H](CC(C)C)N2CCNCC2)c(Cl)c1OC. The first-order chi connectivity index (χ1) is 10.6. The van der Waals surface area contributed by atoms with E-state index in [1.807, 2.05) is 6.07 Å². The van der Waals surface area contributed by atoms with Gasteiger partial charge in [0.25, 0.3) is 0 Å². The minimum atomic E-state index is 0.314. The number of hydrogen-bond acceptors (Lipinski definition) is 4. The Labute approximate surface area is 138 Å². The van der Waals surface area contributed by atoms with Crippen LogP contribution in [0.2, 0.25) is 5.02 Å². The van der Waals surface area contributed by atoms with Crippen LogP contribution < -0.4 is 14.8 Å². The largest absolute Gasteiger partial charge is 0.493 e. The molecule has 1 aliphatic rings. The number of nitrogens with one attached hydrogen (secondary N) is 1. The Balaban J connectivity index is 2.37. The molecule has 0 amide bonds. The maximum atomic E-state index is 6.64. The molecular formula is C17H27ClN2O2. The highest BCUT2D eigenvalue weighted by atomic mass is 35.5. The predicted octanol–water partition coefficient (Wildman–Crippen LogP) is 3.35. The third-order valence-corrected chi connectivity index (χ3v) is 4.55. The number of benzene rings is 1. The van der Waals surface area contributed by atoms with Gasteiger partial charge in [-0.2, -0.15) is 0 Å². The Morgan fingerprint density at radius 1 is 1.18 bits per heavy atom. The van der Waals surface area contributed by atoms with Gasteiger partial charge in [0.05, 0.1) is 19.2 Å². The van der Waals surface area contributed by atoms with E-state index in [1.54, 1.807) is 14.2 Å². The maximum absolute atomic E-state index is 6.64. The van der Waals surface area contributed by atoms with Gasteiger partial charge >= 0.3 is 0 Å². The molecule has 22 heavy (non-hydrogen) atoms. The van der Waals surface area contributed by atoms with Gasteiger partial charge in [-0.1, -0.05) is 31.5 Å². The Morgan fingerprint density at radius 3 is 2.41 bits per heavy atom. The average molecular weight is 327 g/mol. The lowest BCUT2D eigenvalue weighted by molar-refractivity contribution is 0.154. The molecule has 0 aliphatic carbocycles. The highest BCUT2D eigenvalue weighted by molar-refractivity contribution is 6.33. The normalized spacial score (nSPS) is 17.5. The van der Waals surface area contributed by atoms with Gasteiger partial charge < -0.3 is 14.8 Å². The molecule has 1 saturated heterocycles. The van der Waals surface area contributed by atoms with Gasteiger partial charge in [-0.15, -0.1) is 0 Å². The second kappa shape index (κ2) is 8.04. The molecular weight excluding hydrogens is 300 g/mol. The first-order valence-corrected chi connectivity index (χ1v) is 8.31. The van der Waals surface area contributed by atoms with E-state index in [4.69, 9.17) is 21.1 Å². The van der Waals surface area contributed by atoms with Crippen LogP contribution in [-0.4, -0.2) is 45.3 Å². The number of ether oxygens (including phenoxy) is 2. The lowest BCUT2D eigenvalue weighted by atomic mass is 9.94. The van der Waals surface area contributed by atoms with Gasteiger partial charge in [0, 0.05) is 32.2 Å². The van der Waals surface area contributed by atoms with Gasteiger partial charge in [-0.05, 0) is 24.0 Å². The Hall–Kier alpha value is -0.970. The van der Waals surface area contributed by atoms with E-state index in [2.05, 4.69) is 30.1 Å². The zero-order chi connectivity index (χ0) is 16.1. The molecule has 0 aromatic heterocycles. The van der Waals surface area contributed by atoms with Crippen LogP contribution in [0.15, 0.2) is 12.1 Å². The topological polar surface area (TPSA) is 33.7 Å². The van der Waals surface area contributed by atoms with E-state index in [0.29, 0.717) is 28.5 Å². The van der Waals surface area contributed by atoms with Crippen LogP contribution in [0.1, 0.15) is 31.9 Å². The summed E-state index contributed by atoms with van der Waals surface area (Å²) < 4.78 is 10.8. The van der Waals surface area contributed by atoms with Crippen molar-refractivity contribution in [3.63, 3.8) is 0 Å². The summed E-state index contributed by atoms with van der Waals surface area (Å²) in [5.41, 5.74) is 1.13. The van der Waals surface area contributed by atoms with Crippen molar-refractivity contribution in [1.82, 2.24) is 10.2 Å². The molecule has 1 aliphatic heterocycles. The highest BCUT2D eigenvalue weighted by Crippen LogP contribution is 2.42. The molecule has 1 atom stereocenters. The second-order valence-corrected chi connectivity index (χ2v) is 6.51. The molecule has 1 aromatic rings. The van der Waals surface area contributed by atoms with E-state index in [9.17, 15) is 0 Å². The first kappa shape index (κ1) is 17.4. The van der Waals surface area contributed by atoms with Crippen LogP contribution in [0.5, 0.6) is 11.5 Å². The van der Waals surface area contributed by atoms with Crippen molar-refractivity contribution in [3.8, 4) is 11.5 Å². The molecule has 0 unspecified atom stereocenters. The molecule has 1 heterocycles. The molecule has 0 saturated carbocycles. The zero-order valence-corrected chi connectivity index (χ0v) is 14.7. The number of methoxy groups -OCH3 is 2. The van der Waals surface area contributed by atoms with Gasteiger partial charge in [0.15, 0.2) is 11.5 Å². The number of hydrogen-bond donors (Lipinski definition) is 1. The van der Waals surface area contributed by atoms with Gasteiger partial charge in [-0.3, -0.25) is 4.90 Å². The highest BCUT2D eigenvalue weighted by Gasteiger charge is 2.27. The van der Waals surface area contributed by atoms with Crippen LogP contribution in [0.4, 0.5) is 0 Å². The van der Waals surface area contributed by atoms with Crippen molar-refractivity contribution in [1.29, 1.82) is 0 Å². The maximum Gasteiger partial charge on any atom is 0.179 e. The van der Waals surface area contributed by atoms with E-state index >= 15 is 0 Å². The molecule has 4 nitrogen and oxygen atoms in total. The van der Waals surface area contributed by atoms with E-state index in [-0.39, 0.29) is 0 Å². The van der Waals surface area contributed by atoms with Crippen molar-refractivity contribution in [3.05, 3.63) is 22.7 Å². The molecule has 5 heteroatoms. The summed E-state index contributed by atoms with van der Waals surface area (Å²) in [6, 6.07) is 4.35. The van der Waals surface area contributed by atoms with Crippen LogP contribution in [-0.2, 0) is 0 Å². The standard InChI is InChI=1S/C17H27ClN2O2/c1-12(2)11-14(20-9-7-19-8-10-20)13-5-6-15(21-3)17(22-4)16(13)18/h5-6,12,14,19H,7-11H2,1-4H3/t14-/m0/s1. The monoisotopic (exact) mass is 326 g/mol. The summed E-state index contributed by atoms with van der Waals surface area (Å²) in [6.07, 6.45) is 1.08. The van der Waals surface area contributed by atoms with Crippen molar-refractivity contribution >= 4 is 11.6 Å². The molecule has 1 fully saturated rings. The fraction of sp³-hybridized carbons (Fsp3) is 0.647. The zero-order valence-electron chi connectivity index (χ0n) is 14.0. The summed E-state index contributed by atoms with van der Waals surface area (Å²) in [5, 5.41) is 4.08. The van der Waals surface area contributed by atoms with Crippen LogP contribution in [0, 0.1) is 5.92 Å². The molecule has 1 aromatic carbocycles. The molecule has 124 valence electrons. The minimum absolute atomic E-state index is 0.314. The predicted molar refractivity (Wildman–Crippen MR) is 91.2 cm³/mol. The quantitative estimate of drug-likeness (QED) is 0.869. The Kier molecular flexibility index (Phi) is 6.36. The lowest BCUT2D eigenvalue weighted by Gasteiger charge is -2.36. The van der Waals surface area contributed by atoms with Crippen molar-refractivity contribution in [2.75, 3.05) is 40.4 Å². The third-order valence-electron chi connectivity index (χ3n) is 4.16. The summed E-state index contributed by atoms with van der Waals surface area (Å²) in [5.74, 6) is 1.91. The molecule has 2 rings (SSSR count).